The van der Waals surface area contributed by atoms with Crippen molar-refractivity contribution in [2.24, 2.45) is 0 Å². The average molecular weight is 481 g/mol. The molecule has 2 aromatic rings. The van der Waals surface area contributed by atoms with Gasteiger partial charge in [-0.15, -0.1) is 0 Å². The van der Waals surface area contributed by atoms with Crippen LogP contribution >= 0.6 is 0 Å². The first-order chi connectivity index (χ1) is 15.6. The Hall–Kier alpha value is -3.42. The van der Waals surface area contributed by atoms with Crippen molar-refractivity contribution in [2.75, 3.05) is 38.2 Å². The molecule has 33 heavy (non-hydrogen) atoms. The summed E-state index contributed by atoms with van der Waals surface area (Å²) in [5.41, 5.74) is -0.470. The highest BCUT2D eigenvalue weighted by molar-refractivity contribution is 7.89. The number of hydrogen-bond donors (Lipinski definition) is 1. The number of nitrogens with zero attached hydrogens (tertiary/aromatic N) is 2. The molecule has 3 rings (SSSR count). The van der Waals surface area contributed by atoms with Crippen molar-refractivity contribution in [1.82, 2.24) is 4.31 Å². The number of carbonyl (C=O) groups is 2. The van der Waals surface area contributed by atoms with Crippen LogP contribution < -0.4 is 5.32 Å². The van der Waals surface area contributed by atoms with E-state index in [4.69, 9.17) is 9.47 Å². The first kappa shape index (κ1) is 24.2. The van der Waals surface area contributed by atoms with Gasteiger partial charge in [0, 0.05) is 24.8 Å². The molecule has 0 saturated carbocycles. The fourth-order valence-corrected chi connectivity index (χ4v) is 4.49. The molecule has 11 nitrogen and oxygen atoms in total. The maximum atomic E-state index is 13.4. The van der Waals surface area contributed by atoms with Gasteiger partial charge in [0.1, 0.15) is 0 Å². The van der Waals surface area contributed by atoms with Gasteiger partial charge in [-0.05, 0) is 36.8 Å². The molecule has 13 heteroatoms. The van der Waals surface area contributed by atoms with Crippen molar-refractivity contribution in [1.29, 1.82) is 0 Å². The summed E-state index contributed by atoms with van der Waals surface area (Å²) >= 11 is 0. The van der Waals surface area contributed by atoms with E-state index in [-0.39, 0.29) is 42.4 Å². The van der Waals surface area contributed by atoms with Crippen LogP contribution in [0.3, 0.4) is 0 Å². The van der Waals surface area contributed by atoms with Gasteiger partial charge in [0.2, 0.25) is 15.8 Å². The second-order valence-electron chi connectivity index (χ2n) is 7.04. The van der Waals surface area contributed by atoms with Crippen molar-refractivity contribution in [3.8, 4) is 0 Å². The lowest BCUT2D eigenvalue weighted by atomic mass is 10.1. The standard InChI is InChI=1S/C20H20FN3O8S/c1-13-2-4-15(33(29,30)23-6-8-31-9-7-23)11-16(13)20(26)32-12-19(25)22-14-3-5-17(21)18(10-14)24(27)28/h2-5,10-11H,6-9,12H2,1H3,(H,22,25). The molecule has 0 radical (unpaired) electrons. The van der Waals surface area contributed by atoms with Crippen molar-refractivity contribution >= 4 is 33.3 Å². The number of sulfonamides is 1. The minimum absolute atomic E-state index is 0.0328. The maximum Gasteiger partial charge on any atom is 0.338 e. The molecule has 0 bridgehead atoms. The average Bonchev–Trinajstić information content (AvgIpc) is 2.79. The van der Waals surface area contributed by atoms with Crippen LogP contribution in [0.25, 0.3) is 0 Å². The van der Waals surface area contributed by atoms with Crippen LogP contribution in [0.4, 0.5) is 15.8 Å². The van der Waals surface area contributed by atoms with E-state index >= 15 is 0 Å². The van der Waals surface area contributed by atoms with Crippen molar-refractivity contribution < 1.29 is 36.8 Å². The van der Waals surface area contributed by atoms with E-state index in [9.17, 15) is 32.5 Å². The maximum absolute atomic E-state index is 13.4. The third kappa shape index (κ3) is 5.69. The number of hydrogen-bond acceptors (Lipinski definition) is 8. The summed E-state index contributed by atoms with van der Waals surface area (Å²) in [6, 6.07) is 6.80. The second kappa shape index (κ2) is 10.0. The van der Waals surface area contributed by atoms with E-state index in [1.165, 1.54) is 22.5 Å². The number of nitro groups is 1. The second-order valence-corrected chi connectivity index (χ2v) is 8.98. The highest BCUT2D eigenvalue weighted by Crippen LogP contribution is 2.23. The fourth-order valence-electron chi connectivity index (χ4n) is 3.05. The minimum Gasteiger partial charge on any atom is -0.452 e. The lowest BCUT2D eigenvalue weighted by Crippen LogP contribution is -2.40. The predicted molar refractivity (Wildman–Crippen MR) is 113 cm³/mol. The molecule has 1 fully saturated rings. The van der Waals surface area contributed by atoms with E-state index in [2.05, 4.69) is 5.32 Å². The van der Waals surface area contributed by atoms with Gasteiger partial charge in [-0.2, -0.15) is 8.70 Å². The number of nitro benzene ring substituents is 1. The molecule has 0 spiro atoms. The Bertz CT molecular complexity index is 1200. The third-order valence-electron chi connectivity index (χ3n) is 4.80. The van der Waals surface area contributed by atoms with Crippen molar-refractivity contribution in [3.63, 3.8) is 0 Å². The van der Waals surface area contributed by atoms with Crippen LogP contribution in [0.15, 0.2) is 41.3 Å². The first-order valence-corrected chi connectivity index (χ1v) is 11.1. The van der Waals surface area contributed by atoms with Crippen molar-refractivity contribution in [3.05, 3.63) is 63.5 Å². The molecule has 1 heterocycles. The monoisotopic (exact) mass is 481 g/mol. The van der Waals surface area contributed by atoms with Gasteiger partial charge in [-0.25, -0.2) is 13.2 Å². The number of carbonyl (C=O) groups excluding carboxylic acids is 2. The summed E-state index contributed by atoms with van der Waals surface area (Å²) in [4.78, 5) is 34.3. The number of halogens is 1. The van der Waals surface area contributed by atoms with Crippen LogP contribution in [-0.2, 0) is 24.3 Å². The number of morpholine rings is 1. The summed E-state index contributed by atoms with van der Waals surface area (Å²) in [5.74, 6) is -2.81. The van der Waals surface area contributed by atoms with E-state index in [1.807, 2.05) is 0 Å². The topological polar surface area (TPSA) is 145 Å². The number of rotatable bonds is 7. The molecule has 2 aromatic carbocycles. The Morgan fingerprint density at radius 3 is 2.58 bits per heavy atom. The molecule has 1 aliphatic heterocycles. The number of aryl methyl sites for hydroxylation is 1. The third-order valence-corrected chi connectivity index (χ3v) is 6.69. The number of amides is 1. The molecular weight excluding hydrogens is 461 g/mol. The molecule has 1 aliphatic rings. The Morgan fingerprint density at radius 2 is 1.91 bits per heavy atom. The van der Waals surface area contributed by atoms with Crippen LogP contribution in [0.5, 0.6) is 0 Å². The molecule has 0 aromatic heterocycles. The van der Waals surface area contributed by atoms with E-state index < -0.39 is 44.9 Å². The van der Waals surface area contributed by atoms with Gasteiger partial charge in [-0.1, -0.05) is 6.07 Å². The minimum atomic E-state index is -3.84. The molecule has 1 amide bonds. The van der Waals surface area contributed by atoms with Crippen molar-refractivity contribution in [2.45, 2.75) is 11.8 Å². The lowest BCUT2D eigenvalue weighted by Gasteiger charge is -2.26. The fraction of sp³-hybridized carbons (Fsp3) is 0.300. The molecule has 176 valence electrons. The molecule has 0 atom stereocenters. The smallest absolute Gasteiger partial charge is 0.338 e. The SMILES string of the molecule is Cc1ccc(S(=O)(=O)N2CCOCC2)cc1C(=O)OCC(=O)Nc1ccc(F)c([N+](=O)[O-])c1. The highest BCUT2D eigenvalue weighted by atomic mass is 32.2. The van der Waals surface area contributed by atoms with E-state index in [1.54, 1.807) is 6.92 Å². The molecule has 0 unspecified atom stereocenters. The highest BCUT2D eigenvalue weighted by Gasteiger charge is 2.27. The lowest BCUT2D eigenvalue weighted by molar-refractivity contribution is -0.387. The summed E-state index contributed by atoms with van der Waals surface area (Å²) in [6.45, 7) is 1.76. The molecule has 1 N–H and O–H groups in total. The van der Waals surface area contributed by atoms with Gasteiger partial charge < -0.3 is 14.8 Å². The first-order valence-electron chi connectivity index (χ1n) is 9.69. The Labute approximate surface area is 188 Å². The zero-order valence-electron chi connectivity index (χ0n) is 17.4. The van der Waals surface area contributed by atoms with Gasteiger partial charge in [0.25, 0.3) is 5.91 Å². The summed E-state index contributed by atoms with van der Waals surface area (Å²) < 4.78 is 50.4. The summed E-state index contributed by atoms with van der Waals surface area (Å²) in [5, 5.41) is 13.1. The molecule has 1 saturated heterocycles. The molecular formula is C20H20FN3O8S. The van der Waals surface area contributed by atoms with Crippen LogP contribution in [0, 0.1) is 22.9 Å². The Morgan fingerprint density at radius 1 is 1.21 bits per heavy atom. The number of benzene rings is 2. The largest absolute Gasteiger partial charge is 0.452 e. The van der Waals surface area contributed by atoms with E-state index in [0.717, 1.165) is 18.2 Å². The summed E-state index contributed by atoms with van der Waals surface area (Å²) in [7, 11) is -3.84. The van der Waals surface area contributed by atoms with E-state index in [0.29, 0.717) is 5.56 Å². The zero-order valence-corrected chi connectivity index (χ0v) is 18.3. The van der Waals surface area contributed by atoms with Gasteiger partial charge in [0.15, 0.2) is 6.61 Å². The van der Waals surface area contributed by atoms with Gasteiger partial charge in [-0.3, -0.25) is 14.9 Å². The molecule has 0 aliphatic carbocycles. The van der Waals surface area contributed by atoms with Gasteiger partial charge >= 0.3 is 11.7 Å². The number of nitrogens with one attached hydrogen (secondary N) is 1. The van der Waals surface area contributed by atoms with Crippen LogP contribution in [-0.4, -0.2) is 62.4 Å². The Balaban J connectivity index is 1.68. The zero-order chi connectivity index (χ0) is 24.2. The van der Waals surface area contributed by atoms with Crippen LogP contribution in [0.1, 0.15) is 15.9 Å². The quantitative estimate of drug-likeness (QED) is 0.358. The number of anilines is 1. The van der Waals surface area contributed by atoms with Crippen LogP contribution in [0.2, 0.25) is 0 Å². The van der Waals surface area contributed by atoms with Gasteiger partial charge in [0.05, 0.1) is 28.6 Å². The summed E-state index contributed by atoms with van der Waals surface area (Å²) in [6.07, 6.45) is 0. The normalized spacial score (nSPS) is 14.5. The number of ether oxygens (including phenoxy) is 2. The predicted octanol–water partition coefficient (Wildman–Crippen LogP) is 1.86. The number of esters is 1. The Kier molecular flexibility index (Phi) is 7.36.